The predicted molar refractivity (Wildman–Crippen MR) is 142 cm³/mol. The van der Waals surface area contributed by atoms with E-state index in [4.69, 9.17) is 15.7 Å². The summed E-state index contributed by atoms with van der Waals surface area (Å²) in [7, 11) is 7.69. The molecule has 0 fully saturated rings. The van der Waals surface area contributed by atoms with Crippen LogP contribution in [0.25, 0.3) is 22.8 Å². The van der Waals surface area contributed by atoms with Crippen molar-refractivity contribution in [1.82, 2.24) is 24.8 Å². The second-order valence-corrected chi connectivity index (χ2v) is 8.56. The molecule has 36 heavy (non-hydrogen) atoms. The Labute approximate surface area is 210 Å². The summed E-state index contributed by atoms with van der Waals surface area (Å²) in [4.78, 5) is 20.9. The number of likely N-dealkylation sites (N-methyl/N-ethyl adjacent to an activating group) is 2. The summed E-state index contributed by atoms with van der Waals surface area (Å²) in [5.74, 6) is 1.62. The van der Waals surface area contributed by atoms with Gasteiger partial charge in [-0.3, -0.25) is 0 Å². The van der Waals surface area contributed by atoms with Crippen LogP contribution in [0, 0.1) is 11.3 Å². The van der Waals surface area contributed by atoms with Crippen LogP contribution in [0.5, 0.6) is 5.75 Å². The van der Waals surface area contributed by atoms with Crippen molar-refractivity contribution in [3.63, 3.8) is 0 Å². The summed E-state index contributed by atoms with van der Waals surface area (Å²) < 4.78 is 5.62. The van der Waals surface area contributed by atoms with Crippen LogP contribution in [0.3, 0.4) is 0 Å². The highest BCUT2D eigenvalue weighted by atomic mass is 16.5. The molecule has 184 valence electrons. The monoisotopic (exact) mass is 483 g/mol. The van der Waals surface area contributed by atoms with Gasteiger partial charge in [-0.25, -0.2) is 15.0 Å². The van der Waals surface area contributed by atoms with Crippen molar-refractivity contribution >= 4 is 23.0 Å². The lowest BCUT2D eigenvalue weighted by molar-refractivity contribution is 0.413. The van der Waals surface area contributed by atoms with Crippen molar-refractivity contribution < 1.29 is 4.74 Å². The Morgan fingerprint density at radius 2 is 1.86 bits per heavy atom. The number of nitrogen functional groups attached to an aromatic ring is 1. The van der Waals surface area contributed by atoms with Crippen molar-refractivity contribution in [1.29, 1.82) is 5.26 Å². The lowest BCUT2D eigenvalue weighted by Crippen LogP contribution is -2.29. The van der Waals surface area contributed by atoms with Crippen molar-refractivity contribution in [2.24, 2.45) is 0 Å². The summed E-state index contributed by atoms with van der Waals surface area (Å²) in [6.07, 6.45) is 3.40. The number of rotatable bonds is 9. The number of nitrogens with one attached hydrogen (secondary N) is 2. The van der Waals surface area contributed by atoms with E-state index >= 15 is 0 Å². The van der Waals surface area contributed by atoms with Crippen molar-refractivity contribution in [3.8, 4) is 34.6 Å². The largest absolute Gasteiger partial charge is 0.494 e. The number of methoxy groups -OCH3 is 1. The zero-order valence-corrected chi connectivity index (χ0v) is 20.8. The van der Waals surface area contributed by atoms with Gasteiger partial charge >= 0.3 is 0 Å². The third kappa shape index (κ3) is 5.54. The van der Waals surface area contributed by atoms with Crippen molar-refractivity contribution in [2.45, 2.75) is 0 Å². The molecule has 0 aliphatic carbocycles. The van der Waals surface area contributed by atoms with Crippen LogP contribution in [-0.4, -0.2) is 66.2 Å². The first kappa shape index (κ1) is 24.5. The molecule has 2 aromatic heterocycles. The van der Waals surface area contributed by atoms with E-state index < -0.39 is 0 Å². The average Bonchev–Trinajstić information content (AvgIpc) is 3.38. The number of nitriles is 1. The highest BCUT2D eigenvalue weighted by molar-refractivity contribution is 5.79. The number of hydrogen-bond donors (Lipinski definition) is 3. The Morgan fingerprint density at radius 3 is 2.56 bits per heavy atom. The fourth-order valence-electron chi connectivity index (χ4n) is 3.65. The van der Waals surface area contributed by atoms with E-state index in [1.165, 1.54) is 0 Å². The van der Waals surface area contributed by atoms with E-state index in [-0.39, 0.29) is 0 Å². The number of ether oxygens (including phenoxy) is 1. The number of H-pyrrole nitrogens is 1. The first-order chi connectivity index (χ1) is 17.4. The van der Waals surface area contributed by atoms with E-state index in [1.54, 1.807) is 37.7 Å². The molecule has 0 aliphatic rings. The molecule has 0 unspecified atom stereocenters. The quantitative estimate of drug-likeness (QED) is 0.305. The van der Waals surface area contributed by atoms with Gasteiger partial charge in [0, 0.05) is 32.4 Å². The van der Waals surface area contributed by atoms with Crippen LogP contribution >= 0.6 is 0 Å². The normalized spacial score (nSPS) is 10.8. The third-order valence-electron chi connectivity index (χ3n) is 5.69. The minimum absolute atomic E-state index is 0.384. The lowest BCUT2D eigenvalue weighted by Gasteiger charge is -2.24. The maximum atomic E-state index is 9.00. The highest BCUT2D eigenvalue weighted by Crippen LogP contribution is 2.36. The molecule has 0 saturated heterocycles. The highest BCUT2D eigenvalue weighted by Gasteiger charge is 2.14. The van der Waals surface area contributed by atoms with E-state index in [2.05, 4.69) is 41.1 Å². The van der Waals surface area contributed by atoms with Gasteiger partial charge in [0.1, 0.15) is 11.4 Å². The lowest BCUT2D eigenvalue weighted by atomic mass is 10.1. The van der Waals surface area contributed by atoms with Gasteiger partial charge in [-0.1, -0.05) is 12.1 Å². The second kappa shape index (κ2) is 10.8. The van der Waals surface area contributed by atoms with Crippen molar-refractivity contribution in [2.75, 3.05) is 57.3 Å². The fourth-order valence-corrected chi connectivity index (χ4v) is 3.65. The number of hydrogen-bond acceptors (Lipinski definition) is 9. The van der Waals surface area contributed by atoms with Gasteiger partial charge in [-0.05, 0) is 43.9 Å². The second-order valence-electron chi connectivity index (χ2n) is 8.56. The first-order valence-electron chi connectivity index (χ1n) is 11.4. The minimum Gasteiger partial charge on any atom is -0.494 e. The number of benzene rings is 2. The Hall–Kier alpha value is -4.62. The van der Waals surface area contributed by atoms with E-state index in [0.717, 1.165) is 30.0 Å². The number of nitrogens with zero attached hydrogens (tertiary/aromatic N) is 6. The molecule has 0 amide bonds. The number of anilines is 4. The SMILES string of the molecule is COc1cc(N(C)CCN(C)C)c(N)cc1Nc1nccc(-c2ncc(-c3ccc(C#N)cc3)[nH]2)n1. The summed E-state index contributed by atoms with van der Waals surface area (Å²) >= 11 is 0. The molecule has 0 aliphatic heterocycles. The number of aromatic nitrogens is 4. The molecular weight excluding hydrogens is 454 g/mol. The maximum absolute atomic E-state index is 9.00. The van der Waals surface area contributed by atoms with Gasteiger partial charge in [0.25, 0.3) is 0 Å². The molecule has 0 saturated carbocycles. The van der Waals surface area contributed by atoms with Gasteiger partial charge in [-0.2, -0.15) is 5.26 Å². The Morgan fingerprint density at radius 1 is 1.08 bits per heavy atom. The molecular formula is C26H29N9O. The minimum atomic E-state index is 0.384. The topological polar surface area (TPSA) is 132 Å². The standard InChI is InChI=1S/C26H29N9O/c1-34(2)11-12-35(3)23-14-24(36-4)21(13-19(23)28)33-26-29-10-9-20(32-26)25-30-16-22(31-25)18-7-5-17(15-27)6-8-18/h5-10,13-14,16H,11-12,28H2,1-4H3,(H,30,31)(H,29,32,33). The van der Waals surface area contributed by atoms with Crippen molar-refractivity contribution in [3.05, 3.63) is 60.4 Å². The Bertz CT molecular complexity index is 1370. The number of nitrogens with two attached hydrogens (primary N) is 1. The van der Waals surface area contributed by atoms with Crippen LogP contribution in [-0.2, 0) is 0 Å². The third-order valence-corrected chi connectivity index (χ3v) is 5.69. The smallest absolute Gasteiger partial charge is 0.227 e. The summed E-state index contributed by atoms with van der Waals surface area (Å²) in [6, 6.07) is 14.9. The zero-order valence-electron chi connectivity index (χ0n) is 20.8. The number of aromatic amines is 1. The summed E-state index contributed by atoms with van der Waals surface area (Å²) in [5.41, 5.74) is 11.5. The van der Waals surface area contributed by atoms with Gasteiger partial charge in [0.15, 0.2) is 5.82 Å². The van der Waals surface area contributed by atoms with Crippen LogP contribution in [0.15, 0.2) is 54.9 Å². The molecule has 0 atom stereocenters. The molecule has 0 bridgehead atoms. The van der Waals surface area contributed by atoms with Gasteiger partial charge in [0.05, 0.1) is 47.7 Å². The van der Waals surface area contributed by atoms with Crippen LogP contribution in [0.2, 0.25) is 0 Å². The molecule has 4 aromatic rings. The summed E-state index contributed by atoms with van der Waals surface area (Å²) in [6.45, 7) is 1.73. The zero-order chi connectivity index (χ0) is 25.7. The van der Waals surface area contributed by atoms with Gasteiger partial charge in [0.2, 0.25) is 5.95 Å². The predicted octanol–water partition coefficient (Wildman–Crippen LogP) is 3.74. The molecule has 0 radical (unpaired) electrons. The molecule has 10 heteroatoms. The Balaban J connectivity index is 1.55. The molecule has 0 spiro atoms. The molecule has 4 rings (SSSR count). The molecule has 10 nitrogen and oxygen atoms in total. The van der Waals surface area contributed by atoms with Crippen LogP contribution in [0.4, 0.5) is 23.0 Å². The fraction of sp³-hybridized carbons (Fsp3) is 0.231. The van der Waals surface area contributed by atoms with E-state index in [1.807, 2.05) is 45.4 Å². The average molecular weight is 484 g/mol. The maximum Gasteiger partial charge on any atom is 0.227 e. The van der Waals surface area contributed by atoms with E-state index in [9.17, 15) is 0 Å². The van der Waals surface area contributed by atoms with Gasteiger partial charge < -0.3 is 30.6 Å². The summed E-state index contributed by atoms with van der Waals surface area (Å²) in [5, 5.41) is 12.2. The first-order valence-corrected chi connectivity index (χ1v) is 11.4. The molecule has 2 heterocycles. The molecule has 2 aromatic carbocycles. The van der Waals surface area contributed by atoms with E-state index in [0.29, 0.717) is 40.2 Å². The Kier molecular flexibility index (Phi) is 7.32. The van der Waals surface area contributed by atoms with Crippen LogP contribution < -0.4 is 20.7 Å². The van der Waals surface area contributed by atoms with Gasteiger partial charge in [-0.15, -0.1) is 0 Å². The molecule has 4 N–H and O–H groups in total. The van der Waals surface area contributed by atoms with Crippen LogP contribution in [0.1, 0.15) is 5.56 Å². The number of imidazole rings is 1.